The first-order valence-electron chi connectivity index (χ1n) is 7.12. The smallest absolute Gasteiger partial charge is 0.307 e. The van der Waals surface area contributed by atoms with Crippen LogP contribution in [-0.4, -0.2) is 25.4 Å². The van der Waals surface area contributed by atoms with E-state index in [-0.39, 0.29) is 22.6 Å². The van der Waals surface area contributed by atoms with Crippen LogP contribution in [0.15, 0.2) is 41.3 Å². The molecule has 2 aliphatic rings. The Balaban J connectivity index is 1.77. The van der Waals surface area contributed by atoms with Crippen LogP contribution in [0.1, 0.15) is 6.42 Å². The molecule has 0 aromatic heterocycles. The van der Waals surface area contributed by atoms with Crippen LogP contribution in [0.5, 0.6) is 0 Å². The van der Waals surface area contributed by atoms with E-state index in [1.165, 1.54) is 24.3 Å². The summed E-state index contributed by atoms with van der Waals surface area (Å²) < 4.78 is 22.4. The lowest BCUT2D eigenvalue weighted by Gasteiger charge is -2.23. The third-order valence-corrected chi connectivity index (χ3v) is 5.43. The zero-order chi connectivity index (χ0) is 16.8. The molecule has 0 spiro atoms. The number of carboxylic acid groups (broad SMARTS) is 1. The topological polar surface area (TPSA) is 127 Å². The minimum absolute atomic E-state index is 0.0539. The molecule has 2 bridgehead atoms. The third kappa shape index (κ3) is 2.87. The number of allylic oxidation sites excluding steroid dienone is 2. The second kappa shape index (κ2) is 5.47. The lowest BCUT2D eigenvalue weighted by molar-refractivity contribution is -0.146. The van der Waals surface area contributed by atoms with Gasteiger partial charge in [0.2, 0.25) is 15.9 Å². The molecule has 2 aliphatic carbocycles. The highest BCUT2D eigenvalue weighted by Gasteiger charge is 2.51. The molecule has 1 aromatic rings. The number of nitrogens with one attached hydrogen (secondary N) is 1. The number of carboxylic acids is 1. The molecule has 4 N–H and O–H groups in total. The number of rotatable bonds is 4. The maximum absolute atomic E-state index is 12.5. The van der Waals surface area contributed by atoms with Gasteiger partial charge < -0.3 is 10.4 Å². The van der Waals surface area contributed by atoms with Crippen molar-refractivity contribution in [2.24, 2.45) is 28.8 Å². The Bertz CT molecular complexity index is 785. The van der Waals surface area contributed by atoms with E-state index < -0.39 is 27.8 Å². The van der Waals surface area contributed by atoms with Crippen LogP contribution in [0, 0.1) is 23.7 Å². The van der Waals surface area contributed by atoms with Gasteiger partial charge in [-0.15, -0.1) is 0 Å². The normalized spacial score (nSPS) is 28.7. The van der Waals surface area contributed by atoms with Crippen molar-refractivity contribution in [2.45, 2.75) is 11.3 Å². The Morgan fingerprint density at radius 3 is 2.17 bits per heavy atom. The predicted octanol–water partition coefficient (Wildman–Crippen LogP) is 0.795. The van der Waals surface area contributed by atoms with Crippen LogP contribution in [0.25, 0.3) is 0 Å². The second-order valence-electron chi connectivity index (χ2n) is 5.90. The highest BCUT2D eigenvalue weighted by Crippen LogP contribution is 2.48. The van der Waals surface area contributed by atoms with Crippen molar-refractivity contribution >= 4 is 27.6 Å². The van der Waals surface area contributed by atoms with Gasteiger partial charge in [-0.3, -0.25) is 9.59 Å². The predicted molar refractivity (Wildman–Crippen MR) is 81.8 cm³/mol. The second-order valence-corrected chi connectivity index (χ2v) is 7.46. The van der Waals surface area contributed by atoms with Gasteiger partial charge in [-0.2, -0.15) is 0 Å². The minimum Gasteiger partial charge on any atom is -0.481 e. The van der Waals surface area contributed by atoms with E-state index in [0.717, 1.165) is 0 Å². The molecular weight excluding hydrogens is 320 g/mol. The molecule has 1 saturated carbocycles. The molecule has 8 heteroatoms. The molecule has 0 unspecified atom stereocenters. The van der Waals surface area contributed by atoms with Crippen LogP contribution < -0.4 is 10.5 Å². The number of primary sulfonamides is 1. The molecule has 0 heterocycles. The quantitative estimate of drug-likeness (QED) is 0.701. The standard InChI is InChI=1S/C15H16N2O5S/c16-23(21,22)11-5-3-10(4-6-11)17-14(18)12-8-1-2-9(7-8)13(12)15(19)20/h1-6,8-9,12-13H,7H2,(H,17,18)(H,19,20)(H2,16,21,22)/t8-,9+,12+,13+/m0/s1. The average Bonchev–Trinajstić information content (AvgIpc) is 3.07. The zero-order valence-electron chi connectivity index (χ0n) is 12.0. The van der Waals surface area contributed by atoms with Crippen molar-refractivity contribution in [3.05, 3.63) is 36.4 Å². The fourth-order valence-corrected chi connectivity index (χ4v) is 3.99. The largest absolute Gasteiger partial charge is 0.481 e. The zero-order valence-corrected chi connectivity index (χ0v) is 12.9. The summed E-state index contributed by atoms with van der Waals surface area (Å²) in [6, 6.07) is 5.44. The summed E-state index contributed by atoms with van der Waals surface area (Å²) in [4.78, 5) is 23.8. The van der Waals surface area contributed by atoms with Gasteiger partial charge >= 0.3 is 5.97 Å². The minimum atomic E-state index is -3.79. The maximum Gasteiger partial charge on any atom is 0.307 e. The Morgan fingerprint density at radius 2 is 1.65 bits per heavy atom. The molecular formula is C15H16N2O5S. The number of hydrogen-bond donors (Lipinski definition) is 3. The lowest BCUT2D eigenvalue weighted by atomic mass is 9.82. The fourth-order valence-electron chi connectivity index (χ4n) is 3.47. The highest BCUT2D eigenvalue weighted by molar-refractivity contribution is 7.89. The summed E-state index contributed by atoms with van der Waals surface area (Å²) in [6.45, 7) is 0. The SMILES string of the molecule is NS(=O)(=O)c1ccc(NC(=O)[C@H]2[C@H](C(=O)O)[C@@H]3C=C[C@H]2C3)cc1. The van der Waals surface area contributed by atoms with Crippen molar-refractivity contribution in [3.63, 3.8) is 0 Å². The van der Waals surface area contributed by atoms with E-state index in [4.69, 9.17) is 5.14 Å². The van der Waals surface area contributed by atoms with E-state index in [0.29, 0.717) is 12.1 Å². The summed E-state index contributed by atoms with van der Waals surface area (Å²) in [5, 5.41) is 17.0. The van der Waals surface area contributed by atoms with E-state index in [9.17, 15) is 23.1 Å². The number of aliphatic carboxylic acids is 1. The van der Waals surface area contributed by atoms with Crippen molar-refractivity contribution in [2.75, 3.05) is 5.32 Å². The van der Waals surface area contributed by atoms with Crippen LogP contribution in [0.2, 0.25) is 0 Å². The summed E-state index contributed by atoms with van der Waals surface area (Å²) in [7, 11) is -3.79. The van der Waals surface area contributed by atoms with Crippen LogP contribution in [0.4, 0.5) is 5.69 Å². The van der Waals surface area contributed by atoms with Gasteiger partial charge in [-0.25, -0.2) is 13.6 Å². The van der Waals surface area contributed by atoms with Crippen LogP contribution in [-0.2, 0) is 19.6 Å². The molecule has 0 saturated heterocycles. The number of sulfonamides is 1. The first-order valence-corrected chi connectivity index (χ1v) is 8.67. The lowest BCUT2D eigenvalue weighted by Crippen LogP contribution is -2.36. The Labute approximate surface area is 133 Å². The van der Waals surface area contributed by atoms with E-state index >= 15 is 0 Å². The molecule has 0 aliphatic heterocycles. The van der Waals surface area contributed by atoms with Gasteiger partial charge in [-0.05, 0) is 42.5 Å². The number of amides is 1. The molecule has 122 valence electrons. The van der Waals surface area contributed by atoms with E-state index in [1.807, 2.05) is 12.2 Å². The summed E-state index contributed by atoms with van der Waals surface area (Å²) in [5.74, 6) is -2.82. The summed E-state index contributed by atoms with van der Waals surface area (Å²) in [6.07, 6.45) is 4.45. The number of benzene rings is 1. The van der Waals surface area contributed by atoms with Crippen LogP contribution >= 0.6 is 0 Å². The number of carbonyl (C=O) groups is 2. The molecule has 23 heavy (non-hydrogen) atoms. The first-order chi connectivity index (χ1) is 10.8. The molecule has 1 fully saturated rings. The van der Waals surface area contributed by atoms with E-state index in [1.54, 1.807) is 0 Å². The average molecular weight is 336 g/mol. The number of fused-ring (bicyclic) bond motifs is 2. The molecule has 1 aromatic carbocycles. The number of carbonyl (C=O) groups excluding carboxylic acids is 1. The Kier molecular flexibility index (Phi) is 3.73. The fraction of sp³-hybridized carbons (Fsp3) is 0.333. The van der Waals surface area contributed by atoms with Gasteiger partial charge in [-0.1, -0.05) is 12.2 Å². The number of hydrogen-bond acceptors (Lipinski definition) is 4. The Morgan fingerprint density at radius 1 is 1.09 bits per heavy atom. The van der Waals surface area contributed by atoms with Gasteiger partial charge in [0.1, 0.15) is 0 Å². The van der Waals surface area contributed by atoms with Gasteiger partial charge in [0.05, 0.1) is 16.7 Å². The molecule has 0 radical (unpaired) electrons. The van der Waals surface area contributed by atoms with Crippen molar-refractivity contribution in [1.82, 2.24) is 0 Å². The van der Waals surface area contributed by atoms with Crippen LogP contribution in [0.3, 0.4) is 0 Å². The van der Waals surface area contributed by atoms with Gasteiger partial charge in [0.15, 0.2) is 0 Å². The maximum atomic E-state index is 12.5. The first kappa shape index (κ1) is 15.7. The third-order valence-electron chi connectivity index (χ3n) is 4.50. The monoisotopic (exact) mass is 336 g/mol. The number of nitrogens with two attached hydrogens (primary N) is 1. The number of anilines is 1. The molecule has 4 atom stereocenters. The van der Waals surface area contributed by atoms with Crippen molar-refractivity contribution in [3.8, 4) is 0 Å². The van der Waals surface area contributed by atoms with Crippen molar-refractivity contribution in [1.29, 1.82) is 0 Å². The van der Waals surface area contributed by atoms with Gasteiger partial charge in [0.25, 0.3) is 0 Å². The summed E-state index contributed by atoms with van der Waals surface area (Å²) >= 11 is 0. The highest BCUT2D eigenvalue weighted by atomic mass is 32.2. The molecule has 1 amide bonds. The Hall–Kier alpha value is -2.19. The molecule has 3 rings (SSSR count). The van der Waals surface area contributed by atoms with E-state index in [2.05, 4.69) is 5.32 Å². The van der Waals surface area contributed by atoms with Crippen molar-refractivity contribution < 1.29 is 23.1 Å². The molecule has 7 nitrogen and oxygen atoms in total. The van der Waals surface area contributed by atoms with Gasteiger partial charge in [0, 0.05) is 5.69 Å². The summed E-state index contributed by atoms with van der Waals surface area (Å²) in [5.41, 5.74) is 0.401.